The zero-order valence-corrected chi connectivity index (χ0v) is 16.0. The van der Waals surface area contributed by atoms with Crippen LogP contribution in [0.25, 0.3) is 0 Å². The summed E-state index contributed by atoms with van der Waals surface area (Å²) in [6, 6.07) is 11.0. The molecule has 0 unspecified atom stereocenters. The fourth-order valence-electron chi connectivity index (χ4n) is 3.84. The number of ether oxygens (including phenoxy) is 2. The number of fused-ring (bicyclic) bond motifs is 1. The molecule has 1 N–H and O–H groups in total. The Balaban J connectivity index is 1.44. The standard InChI is InChI=1S/C22H25FN2O3/c1-15-5-7-17(13-18(15)23)24-22(26)14-25-9-2-4-19(25)16-6-8-20-21(12-16)28-11-3-10-27-20/h5-8,12-13,19H,2-4,9-11,14H2,1H3,(H,24,26)/t19-/m1/s1. The van der Waals surface area contributed by atoms with Crippen LogP contribution in [0.1, 0.15) is 36.4 Å². The van der Waals surface area contributed by atoms with Gasteiger partial charge in [-0.05, 0) is 61.7 Å². The molecule has 148 valence electrons. The molecule has 28 heavy (non-hydrogen) atoms. The minimum absolute atomic E-state index is 0.135. The summed E-state index contributed by atoms with van der Waals surface area (Å²) in [4.78, 5) is 14.7. The molecule has 0 radical (unpaired) electrons. The van der Waals surface area contributed by atoms with Crippen LogP contribution < -0.4 is 14.8 Å². The number of nitrogens with zero attached hydrogens (tertiary/aromatic N) is 1. The molecule has 0 aromatic heterocycles. The van der Waals surface area contributed by atoms with Gasteiger partial charge in [-0.15, -0.1) is 0 Å². The second-order valence-electron chi connectivity index (χ2n) is 7.40. The van der Waals surface area contributed by atoms with E-state index >= 15 is 0 Å². The van der Waals surface area contributed by atoms with Crippen molar-refractivity contribution in [2.75, 3.05) is 31.6 Å². The van der Waals surface area contributed by atoms with Gasteiger partial charge in [-0.1, -0.05) is 12.1 Å². The maximum absolute atomic E-state index is 13.7. The Kier molecular flexibility index (Phi) is 5.48. The lowest BCUT2D eigenvalue weighted by Crippen LogP contribution is -2.33. The van der Waals surface area contributed by atoms with E-state index < -0.39 is 0 Å². The first-order valence-electron chi connectivity index (χ1n) is 9.80. The lowest BCUT2D eigenvalue weighted by molar-refractivity contribution is -0.117. The van der Waals surface area contributed by atoms with E-state index in [1.807, 2.05) is 12.1 Å². The molecule has 1 saturated heterocycles. The smallest absolute Gasteiger partial charge is 0.238 e. The van der Waals surface area contributed by atoms with Gasteiger partial charge in [-0.2, -0.15) is 0 Å². The van der Waals surface area contributed by atoms with E-state index in [1.165, 1.54) is 6.07 Å². The zero-order valence-electron chi connectivity index (χ0n) is 16.0. The van der Waals surface area contributed by atoms with E-state index in [0.29, 0.717) is 24.5 Å². The van der Waals surface area contributed by atoms with Crippen LogP contribution in [0.3, 0.4) is 0 Å². The van der Waals surface area contributed by atoms with Crippen molar-refractivity contribution >= 4 is 11.6 Å². The van der Waals surface area contributed by atoms with E-state index in [1.54, 1.807) is 19.1 Å². The normalized spacial score (nSPS) is 19.3. The van der Waals surface area contributed by atoms with Crippen molar-refractivity contribution in [3.05, 3.63) is 53.3 Å². The van der Waals surface area contributed by atoms with Crippen LogP contribution in [0.15, 0.2) is 36.4 Å². The molecular formula is C22H25FN2O3. The topological polar surface area (TPSA) is 50.8 Å². The largest absolute Gasteiger partial charge is 0.490 e. The van der Waals surface area contributed by atoms with E-state index in [-0.39, 0.29) is 24.3 Å². The summed E-state index contributed by atoms with van der Waals surface area (Å²) in [7, 11) is 0. The summed E-state index contributed by atoms with van der Waals surface area (Å²) in [5, 5.41) is 2.80. The van der Waals surface area contributed by atoms with Crippen molar-refractivity contribution in [3.63, 3.8) is 0 Å². The number of carbonyl (C=O) groups is 1. The Morgan fingerprint density at radius 1 is 1.14 bits per heavy atom. The molecular weight excluding hydrogens is 359 g/mol. The van der Waals surface area contributed by atoms with E-state index in [4.69, 9.17) is 9.47 Å². The maximum Gasteiger partial charge on any atom is 0.238 e. The van der Waals surface area contributed by atoms with Crippen molar-refractivity contribution < 1.29 is 18.7 Å². The molecule has 2 aliphatic rings. The van der Waals surface area contributed by atoms with Crippen LogP contribution in [0.4, 0.5) is 10.1 Å². The third kappa shape index (κ3) is 4.12. The predicted octanol–water partition coefficient (Wildman–Crippen LogP) is 4.07. The molecule has 2 aromatic rings. The van der Waals surface area contributed by atoms with Crippen molar-refractivity contribution in [1.82, 2.24) is 4.90 Å². The summed E-state index contributed by atoms with van der Waals surface area (Å²) in [5.74, 6) is 1.11. The fourth-order valence-corrected chi connectivity index (χ4v) is 3.84. The Labute approximate surface area is 164 Å². The molecule has 1 fully saturated rings. The summed E-state index contributed by atoms with van der Waals surface area (Å²) < 4.78 is 25.2. The molecule has 6 heteroatoms. The molecule has 2 aromatic carbocycles. The number of rotatable bonds is 4. The summed E-state index contributed by atoms with van der Waals surface area (Å²) in [6.45, 7) is 4.15. The molecule has 0 bridgehead atoms. The van der Waals surface area contributed by atoms with Crippen molar-refractivity contribution in [1.29, 1.82) is 0 Å². The minimum atomic E-state index is -0.316. The van der Waals surface area contributed by atoms with Crippen LogP contribution in [0.5, 0.6) is 11.5 Å². The number of aryl methyl sites for hydroxylation is 1. The highest BCUT2D eigenvalue weighted by Crippen LogP contribution is 2.37. The number of hydrogen-bond donors (Lipinski definition) is 1. The second kappa shape index (κ2) is 8.19. The van der Waals surface area contributed by atoms with Gasteiger partial charge in [0.05, 0.1) is 19.8 Å². The molecule has 0 aliphatic carbocycles. The van der Waals surface area contributed by atoms with Gasteiger partial charge in [0.1, 0.15) is 5.82 Å². The van der Waals surface area contributed by atoms with Crippen LogP contribution in [0.2, 0.25) is 0 Å². The van der Waals surface area contributed by atoms with E-state index in [0.717, 1.165) is 42.9 Å². The number of amides is 1. The highest BCUT2D eigenvalue weighted by atomic mass is 19.1. The Morgan fingerprint density at radius 2 is 1.96 bits per heavy atom. The zero-order chi connectivity index (χ0) is 19.5. The number of anilines is 1. The van der Waals surface area contributed by atoms with Gasteiger partial charge in [-0.3, -0.25) is 9.69 Å². The summed E-state index contributed by atoms with van der Waals surface area (Å²) in [6.07, 6.45) is 2.90. The predicted molar refractivity (Wildman–Crippen MR) is 105 cm³/mol. The van der Waals surface area contributed by atoms with Gasteiger partial charge in [0.2, 0.25) is 5.91 Å². The van der Waals surface area contributed by atoms with E-state index in [2.05, 4.69) is 16.3 Å². The van der Waals surface area contributed by atoms with Gasteiger partial charge in [0, 0.05) is 18.2 Å². The third-order valence-corrected chi connectivity index (χ3v) is 5.32. The minimum Gasteiger partial charge on any atom is -0.490 e. The Morgan fingerprint density at radius 3 is 2.79 bits per heavy atom. The molecule has 1 amide bonds. The SMILES string of the molecule is Cc1ccc(NC(=O)CN2CCC[C@@H]2c2ccc3c(c2)OCCCO3)cc1F. The number of carbonyl (C=O) groups excluding carboxylic acids is 1. The van der Waals surface area contributed by atoms with Gasteiger partial charge in [0.15, 0.2) is 11.5 Å². The molecule has 5 nitrogen and oxygen atoms in total. The van der Waals surface area contributed by atoms with Crippen LogP contribution in [0, 0.1) is 12.7 Å². The second-order valence-corrected chi connectivity index (χ2v) is 7.40. The monoisotopic (exact) mass is 384 g/mol. The lowest BCUT2D eigenvalue weighted by Gasteiger charge is -2.25. The molecule has 2 aliphatic heterocycles. The number of hydrogen-bond acceptors (Lipinski definition) is 4. The van der Waals surface area contributed by atoms with Gasteiger partial charge < -0.3 is 14.8 Å². The maximum atomic E-state index is 13.7. The molecule has 4 rings (SSSR count). The van der Waals surface area contributed by atoms with Crippen molar-refractivity contribution in [3.8, 4) is 11.5 Å². The average molecular weight is 384 g/mol. The van der Waals surface area contributed by atoms with Crippen LogP contribution in [-0.2, 0) is 4.79 Å². The summed E-state index contributed by atoms with van der Waals surface area (Å²) >= 11 is 0. The van der Waals surface area contributed by atoms with Crippen molar-refractivity contribution in [2.24, 2.45) is 0 Å². The molecule has 1 atom stereocenters. The van der Waals surface area contributed by atoms with Crippen molar-refractivity contribution in [2.45, 2.75) is 32.2 Å². The highest BCUT2D eigenvalue weighted by molar-refractivity contribution is 5.92. The molecule has 2 heterocycles. The third-order valence-electron chi connectivity index (χ3n) is 5.32. The van der Waals surface area contributed by atoms with E-state index in [9.17, 15) is 9.18 Å². The number of benzene rings is 2. The Hall–Kier alpha value is -2.60. The van der Waals surface area contributed by atoms with Gasteiger partial charge in [0.25, 0.3) is 0 Å². The first-order chi connectivity index (χ1) is 13.6. The molecule has 0 spiro atoms. The first kappa shape index (κ1) is 18.7. The Bertz CT molecular complexity index is 871. The van der Waals surface area contributed by atoms with Crippen LogP contribution >= 0.6 is 0 Å². The quantitative estimate of drug-likeness (QED) is 0.863. The van der Waals surface area contributed by atoms with Crippen LogP contribution in [-0.4, -0.2) is 37.1 Å². The highest BCUT2D eigenvalue weighted by Gasteiger charge is 2.28. The number of nitrogens with one attached hydrogen (secondary N) is 1. The van der Waals surface area contributed by atoms with Gasteiger partial charge in [-0.25, -0.2) is 4.39 Å². The number of likely N-dealkylation sites (tertiary alicyclic amines) is 1. The number of halogens is 1. The van der Waals surface area contributed by atoms with Gasteiger partial charge >= 0.3 is 0 Å². The molecule has 0 saturated carbocycles. The lowest BCUT2D eigenvalue weighted by atomic mass is 10.0. The summed E-state index contributed by atoms with van der Waals surface area (Å²) in [5.41, 5.74) is 2.18. The first-order valence-corrected chi connectivity index (χ1v) is 9.80. The average Bonchev–Trinajstić information content (AvgIpc) is 3.00. The fraction of sp³-hybridized carbons (Fsp3) is 0.409.